The van der Waals surface area contributed by atoms with Crippen molar-refractivity contribution in [1.82, 2.24) is 5.32 Å². The Balaban J connectivity index is 1.39. The molecule has 12 heteroatoms. The molecule has 0 spiro atoms. The lowest BCUT2D eigenvalue weighted by atomic mass is 9.96. The number of ether oxygens (including phenoxy) is 5. The van der Waals surface area contributed by atoms with E-state index in [1.54, 1.807) is 121 Å². The summed E-state index contributed by atoms with van der Waals surface area (Å²) in [7, 11) is 0. The number of aryl methyl sites for hydroxylation is 1. The first-order valence-electron chi connectivity index (χ1n) is 17.0. The highest BCUT2D eigenvalue weighted by Crippen LogP contribution is 2.30. The highest BCUT2D eigenvalue weighted by Gasteiger charge is 2.53. The highest BCUT2D eigenvalue weighted by atomic mass is 32.1. The third-order valence-electron chi connectivity index (χ3n) is 8.36. The van der Waals surface area contributed by atoms with E-state index in [0.717, 1.165) is 5.56 Å². The zero-order valence-electron chi connectivity index (χ0n) is 29.0. The molecule has 0 radical (unpaired) electrons. The van der Waals surface area contributed by atoms with Crippen LogP contribution in [-0.4, -0.2) is 66.2 Å². The molecule has 2 N–H and O–H groups in total. The molecule has 0 unspecified atom stereocenters. The number of hydrogen-bond donors (Lipinski definition) is 2. The Morgan fingerprint density at radius 1 is 0.556 bits per heavy atom. The van der Waals surface area contributed by atoms with Crippen LogP contribution in [0, 0.1) is 6.92 Å². The lowest BCUT2D eigenvalue weighted by Gasteiger charge is -2.45. The van der Waals surface area contributed by atoms with Crippen LogP contribution in [0.15, 0.2) is 146 Å². The maximum Gasteiger partial charge on any atom is 0.338 e. The van der Waals surface area contributed by atoms with Gasteiger partial charge < -0.3 is 34.3 Å². The van der Waals surface area contributed by atoms with Gasteiger partial charge in [-0.15, -0.1) is 0 Å². The van der Waals surface area contributed by atoms with E-state index >= 15 is 0 Å². The van der Waals surface area contributed by atoms with Gasteiger partial charge in [0.15, 0.2) is 29.7 Å². The quantitative estimate of drug-likeness (QED) is 0.0863. The number of carbonyl (C=O) groups is 4. The van der Waals surface area contributed by atoms with Crippen LogP contribution in [0.25, 0.3) is 0 Å². The second-order valence-corrected chi connectivity index (χ2v) is 12.6. The molecule has 1 aliphatic rings. The van der Waals surface area contributed by atoms with E-state index in [9.17, 15) is 19.2 Å². The van der Waals surface area contributed by atoms with Crippen molar-refractivity contribution in [2.24, 2.45) is 0 Å². The van der Waals surface area contributed by atoms with Gasteiger partial charge in [0.1, 0.15) is 12.7 Å². The number of nitrogens with one attached hydrogen (secondary N) is 2. The van der Waals surface area contributed by atoms with Gasteiger partial charge in [0.25, 0.3) is 0 Å². The fraction of sp³-hybridized carbons (Fsp3) is 0.167. The highest BCUT2D eigenvalue weighted by molar-refractivity contribution is 7.80. The average molecular weight is 745 g/mol. The SMILES string of the molecule is Cc1ccc(NC(=S)N[C@@H]2O[C@H](COC(=O)c3ccccc3)[C@H](OC(=O)c3ccccc3)[C@H](OC(=O)c3ccccc3)[C@H]2OC(=O)c2ccccc2)cc1. The zero-order valence-corrected chi connectivity index (χ0v) is 29.8. The minimum Gasteiger partial charge on any atom is -0.459 e. The molecule has 274 valence electrons. The van der Waals surface area contributed by atoms with Gasteiger partial charge in [-0.2, -0.15) is 0 Å². The molecule has 0 aromatic heterocycles. The standard InChI is InChI=1S/C42H36N2O9S/c1-27-22-24-32(25-23-27)43-42(54)44-37-36(53-41(48)31-20-12-5-13-21-31)35(52-40(47)30-18-10-4-11-19-30)34(51-39(46)29-16-8-3-9-17-29)33(50-37)26-49-38(45)28-14-6-2-7-15-28/h2-25,33-37H,26H2,1H3,(H2,43,44,54)/t33-,34+,35+,36-,37-/m1/s1. The number of benzene rings is 5. The van der Waals surface area contributed by atoms with E-state index in [1.807, 2.05) is 31.2 Å². The van der Waals surface area contributed by atoms with Gasteiger partial charge in [0, 0.05) is 5.69 Å². The molecule has 0 bridgehead atoms. The van der Waals surface area contributed by atoms with Crippen molar-refractivity contribution in [3.63, 3.8) is 0 Å². The van der Waals surface area contributed by atoms with Gasteiger partial charge >= 0.3 is 23.9 Å². The third kappa shape index (κ3) is 9.73. The van der Waals surface area contributed by atoms with Crippen LogP contribution < -0.4 is 10.6 Å². The first-order valence-corrected chi connectivity index (χ1v) is 17.5. The van der Waals surface area contributed by atoms with Crippen LogP contribution in [-0.2, 0) is 23.7 Å². The van der Waals surface area contributed by atoms with Crippen molar-refractivity contribution in [3.8, 4) is 0 Å². The molecule has 1 fully saturated rings. The molecule has 11 nitrogen and oxygen atoms in total. The molecular formula is C42H36N2O9S. The van der Waals surface area contributed by atoms with Crippen molar-refractivity contribution in [2.75, 3.05) is 11.9 Å². The first kappa shape index (κ1) is 37.4. The van der Waals surface area contributed by atoms with Crippen LogP contribution >= 0.6 is 12.2 Å². The van der Waals surface area contributed by atoms with Gasteiger partial charge in [-0.1, -0.05) is 90.5 Å². The molecule has 5 aromatic carbocycles. The summed E-state index contributed by atoms with van der Waals surface area (Å²) in [6.07, 6.45) is -7.07. The summed E-state index contributed by atoms with van der Waals surface area (Å²) in [5.74, 6) is -3.05. The second-order valence-electron chi connectivity index (χ2n) is 12.2. The molecule has 0 aliphatic carbocycles. The van der Waals surface area contributed by atoms with E-state index < -0.39 is 61.1 Å². The van der Waals surface area contributed by atoms with Gasteiger partial charge in [-0.3, -0.25) is 0 Å². The number of hydrogen-bond acceptors (Lipinski definition) is 10. The van der Waals surface area contributed by atoms with E-state index in [0.29, 0.717) is 5.69 Å². The molecule has 5 atom stereocenters. The first-order chi connectivity index (χ1) is 26.2. The Morgan fingerprint density at radius 3 is 1.43 bits per heavy atom. The number of rotatable bonds is 11. The summed E-state index contributed by atoms with van der Waals surface area (Å²) >= 11 is 5.66. The number of esters is 4. The number of carbonyl (C=O) groups excluding carboxylic acids is 4. The predicted molar refractivity (Wildman–Crippen MR) is 203 cm³/mol. The molecule has 1 saturated heterocycles. The topological polar surface area (TPSA) is 138 Å². The molecule has 1 heterocycles. The van der Waals surface area contributed by atoms with E-state index in [-0.39, 0.29) is 27.4 Å². The Morgan fingerprint density at radius 2 is 0.963 bits per heavy atom. The van der Waals surface area contributed by atoms with Gasteiger partial charge in [-0.25, -0.2) is 19.2 Å². The van der Waals surface area contributed by atoms with E-state index in [4.69, 9.17) is 35.9 Å². The van der Waals surface area contributed by atoms with Crippen molar-refractivity contribution in [2.45, 2.75) is 37.6 Å². The van der Waals surface area contributed by atoms with Crippen molar-refractivity contribution < 1.29 is 42.9 Å². The Bertz CT molecular complexity index is 2050. The summed E-state index contributed by atoms with van der Waals surface area (Å²) in [4.78, 5) is 54.3. The summed E-state index contributed by atoms with van der Waals surface area (Å²) in [5, 5.41) is 6.18. The Hall–Kier alpha value is -6.37. The summed E-state index contributed by atoms with van der Waals surface area (Å²) in [5.41, 5.74) is 2.52. The van der Waals surface area contributed by atoms with Crippen LogP contribution in [0.2, 0.25) is 0 Å². The van der Waals surface area contributed by atoms with E-state index in [1.165, 1.54) is 0 Å². The largest absolute Gasteiger partial charge is 0.459 e. The molecule has 0 saturated carbocycles. The predicted octanol–water partition coefficient (Wildman–Crippen LogP) is 6.54. The van der Waals surface area contributed by atoms with Crippen LogP contribution in [0.1, 0.15) is 47.0 Å². The Kier molecular flexibility index (Phi) is 12.4. The van der Waals surface area contributed by atoms with Crippen LogP contribution in [0.4, 0.5) is 5.69 Å². The third-order valence-corrected chi connectivity index (χ3v) is 8.58. The summed E-state index contributed by atoms with van der Waals surface area (Å²) < 4.78 is 30.4. The molecule has 54 heavy (non-hydrogen) atoms. The Labute approximate surface area is 317 Å². The zero-order chi connectivity index (χ0) is 37.9. The lowest BCUT2D eigenvalue weighted by Crippen LogP contribution is -2.66. The average Bonchev–Trinajstić information content (AvgIpc) is 3.21. The van der Waals surface area contributed by atoms with Gasteiger partial charge in [-0.05, 0) is 79.8 Å². The maximum atomic E-state index is 13.8. The van der Waals surface area contributed by atoms with Crippen LogP contribution in [0.5, 0.6) is 0 Å². The van der Waals surface area contributed by atoms with Gasteiger partial charge in [0.2, 0.25) is 0 Å². The number of anilines is 1. The molecule has 5 aromatic rings. The number of thiocarbonyl (C=S) groups is 1. The fourth-order valence-electron chi connectivity index (χ4n) is 5.62. The van der Waals surface area contributed by atoms with Crippen molar-refractivity contribution >= 4 is 46.9 Å². The lowest BCUT2D eigenvalue weighted by molar-refractivity contribution is -0.232. The van der Waals surface area contributed by atoms with Crippen LogP contribution in [0.3, 0.4) is 0 Å². The summed E-state index contributed by atoms with van der Waals surface area (Å²) in [6.45, 7) is 1.49. The maximum absolute atomic E-state index is 13.8. The molecule has 0 amide bonds. The minimum absolute atomic E-state index is 0.0671. The normalized spacial score (nSPS) is 19.0. The second kappa shape index (κ2) is 17.9. The molecule has 6 rings (SSSR count). The molecule has 1 aliphatic heterocycles. The van der Waals surface area contributed by atoms with Crippen molar-refractivity contribution in [1.29, 1.82) is 0 Å². The minimum atomic E-state index is -1.52. The smallest absolute Gasteiger partial charge is 0.338 e. The van der Waals surface area contributed by atoms with Crippen molar-refractivity contribution in [3.05, 3.63) is 173 Å². The fourth-order valence-corrected chi connectivity index (χ4v) is 5.85. The monoisotopic (exact) mass is 744 g/mol. The van der Waals surface area contributed by atoms with E-state index in [2.05, 4.69) is 10.6 Å². The summed E-state index contributed by atoms with van der Waals surface area (Å²) in [6, 6.07) is 40.2. The molecular weight excluding hydrogens is 709 g/mol. The van der Waals surface area contributed by atoms with Gasteiger partial charge in [0.05, 0.1) is 22.3 Å².